The number of nitrogens with zero attached hydrogens (tertiary/aromatic N) is 1. The van der Waals surface area contributed by atoms with Gasteiger partial charge in [-0.05, 0) is 38.5 Å². The number of nitrogens with two attached hydrogens (primary N) is 1. The second-order valence-corrected chi connectivity index (χ2v) is 8.71. The number of carbonyl (C=O) groups excluding carboxylic acids is 1. The van der Waals surface area contributed by atoms with Crippen LogP contribution in [0.4, 0.5) is 0 Å². The SMILES string of the molecule is CCCS(=O)(=O)N1CCC(NC(=O)C2CCCC(N)C2)CC1. The predicted octanol–water partition coefficient (Wildman–Crippen LogP) is 0.824. The first-order valence-electron chi connectivity index (χ1n) is 8.46. The van der Waals surface area contributed by atoms with Gasteiger partial charge in [-0.15, -0.1) is 0 Å². The van der Waals surface area contributed by atoms with E-state index in [4.69, 9.17) is 5.73 Å². The molecule has 1 saturated heterocycles. The summed E-state index contributed by atoms with van der Waals surface area (Å²) in [4.78, 5) is 12.3. The van der Waals surface area contributed by atoms with Crippen LogP contribution in [0.3, 0.4) is 0 Å². The monoisotopic (exact) mass is 331 g/mol. The number of nitrogens with one attached hydrogen (secondary N) is 1. The fourth-order valence-corrected chi connectivity index (χ4v) is 4.99. The number of rotatable bonds is 5. The molecule has 0 spiro atoms. The average Bonchev–Trinajstić information content (AvgIpc) is 2.47. The molecule has 1 heterocycles. The smallest absolute Gasteiger partial charge is 0.223 e. The second-order valence-electron chi connectivity index (χ2n) is 6.62. The molecule has 3 N–H and O–H groups in total. The Bertz CT molecular complexity index is 472. The van der Waals surface area contributed by atoms with Crippen molar-refractivity contribution in [2.45, 2.75) is 64.0 Å². The molecule has 0 aromatic carbocycles. The fraction of sp³-hybridized carbons (Fsp3) is 0.933. The van der Waals surface area contributed by atoms with Crippen LogP contribution in [0.1, 0.15) is 51.9 Å². The maximum Gasteiger partial charge on any atom is 0.223 e. The van der Waals surface area contributed by atoms with Gasteiger partial charge < -0.3 is 11.1 Å². The summed E-state index contributed by atoms with van der Waals surface area (Å²) in [5.41, 5.74) is 5.94. The van der Waals surface area contributed by atoms with Crippen LogP contribution in [0.25, 0.3) is 0 Å². The summed E-state index contributed by atoms with van der Waals surface area (Å²) in [5, 5.41) is 3.10. The molecule has 2 atom stereocenters. The summed E-state index contributed by atoms with van der Waals surface area (Å²) in [7, 11) is -3.11. The third-order valence-electron chi connectivity index (χ3n) is 4.74. The molecule has 0 radical (unpaired) electrons. The largest absolute Gasteiger partial charge is 0.353 e. The summed E-state index contributed by atoms with van der Waals surface area (Å²) in [6, 6.07) is 0.240. The van der Waals surface area contributed by atoms with Gasteiger partial charge in [0.05, 0.1) is 5.75 Å². The normalized spacial score (nSPS) is 28.5. The van der Waals surface area contributed by atoms with Gasteiger partial charge in [-0.2, -0.15) is 0 Å². The minimum absolute atomic E-state index is 0.0330. The van der Waals surface area contributed by atoms with Crippen LogP contribution >= 0.6 is 0 Å². The van der Waals surface area contributed by atoms with Crippen molar-refractivity contribution >= 4 is 15.9 Å². The second kappa shape index (κ2) is 7.75. The summed E-state index contributed by atoms with van der Waals surface area (Å²) in [6.07, 6.45) is 5.77. The number of carbonyl (C=O) groups is 1. The third kappa shape index (κ3) is 4.67. The Morgan fingerprint density at radius 1 is 1.23 bits per heavy atom. The number of hydrogen-bond acceptors (Lipinski definition) is 4. The topological polar surface area (TPSA) is 92.5 Å². The van der Waals surface area contributed by atoms with E-state index in [1.807, 2.05) is 6.92 Å². The summed E-state index contributed by atoms with van der Waals surface area (Å²) in [6.45, 7) is 2.90. The Balaban J connectivity index is 1.78. The van der Waals surface area contributed by atoms with E-state index >= 15 is 0 Å². The lowest BCUT2D eigenvalue weighted by molar-refractivity contribution is -0.127. The van der Waals surface area contributed by atoms with E-state index in [0.717, 1.165) is 25.7 Å². The summed E-state index contributed by atoms with van der Waals surface area (Å²) < 4.78 is 25.6. The van der Waals surface area contributed by atoms with Crippen molar-refractivity contribution in [1.29, 1.82) is 0 Å². The Kier molecular flexibility index (Phi) is 6.23. The van der Waals surface area contributed by atoms with Gasteiger partial charge in [0.15, 0.2) is 0 Å². The molecule has 22 heavy (non-hydrogen) atoms. The highest BCUT2D eigenvalue weighted by molar-refractivity contribution is 7.89. The molecule has 1 amide bonds. The Hall–Kier alpha value is -0.660. The minimum Gasteiger partial charge on any atom is -0.353 e. The molecule has 1 saturated carbocycles. The maximum absolute atomic E-state index is 12.3. The highest BCUT2D eigenvalue weighted by Crippen LogP contribution is 2.24. The Labute approximate surface area is 133 Å². The van der Waals surface area contributed by atoms with Crippen molar-refractivity contribution in [3.63, 3.8) is 0 Å². The first kappa shape index (κ1) is 17.7. The highest BCUT2D eigenvalue weighted by atomic mass is 32.2. The molecule has 2 fully saturated rings. The van der Waals surface area contributed by atoms with Gasteiger partial charge in [0.25, 0.3) is 0 Å². The maximum atomic E-state index is 12.3. The zero-order valence-electron chi connectivity index (χ0n) is 13.5. The van der Waals surface area contributed by atoms with Crippen LogP contribution in [0.2, 0.25) is 0 Å². The number of sulfonamides is 1. The predicted molar refractivity (Wildman–Crippen MR) is 86.7 cm³/mol. The van der Waals surface area contributed by atoms with Crippen LogP contribution in [-0.4, -0.2) is 49.6 Å². The number of piperidine rings is 1. The van der Waals surface area contributed by atoms with E-state index in [1.165, 1.54) is 0 Å². The molecule has 2 aliphatic rings. The van der Waals surface area contributed by atoms with Crippen molar-refractivity contribution < 1.29 is 13.2 Å². The molecule has 0 aromatic heterocycles. The highest BCUT2D eigenvalue weighted by Gasteiger charge is 2.30. The van der Waals surface area contributed by atoms with E-state index in [9.17, 15) is 13.2 Å². The molecule has 1 aliphatic heterocycles. The molecule has 2 unspecified atom stereocenters. The molecule has 0 bridgehead atoms. The molecule has 2 rings (SSSR count). The number of hydrogen-bond donors (Lipinski definition) is 2. The van der Waals surface area contributed by atoms with Gasteiger partial charge in [0, 0.05) is 31.1 Å². The van der Waals surface area contributed by atoms with Gasteiger partial charge in [0.1, 0.15) is 0 Å². The quantitative estimate of drug-likeness (QED) is 0.780. The molecular weight excluding hydrogens is 302 g/mol. The number of amides is 1. The van der Waals surface area contributed by atoms with Crippen molar-refractivity contribution in [2.75, 3.05) is 18.8 Å². The van der Waals surface area contributed by atoms with Crippen molar-refractivity contribution in [3.05, 3.63) is 0 Å². The van der Waals surface area contributed by atoms with E-state index in [1.54, 1.807) is 4.31 Å². The molecule has 0 aromatic rings. The zero-order chi connectivity index (χ0) is 16.2. The van der Waals surface area contributed by atoms with Crippen LogP contribution in [0, 0.1) is 5.92 Å². The Morgan fingerprint density at radius 3 is 2.50 bits per heavy atom. The van der Waals surface area contributed by atoms with E-state index in [-0.39, 0.29) is 29.7 Å². The van der Waals surface area contributed by atoms with E-state index in [0.29, 0.717) is 32.4 Å². The van der Waals surface area contributed by atoms with E-state index in [2.05, 4.69) is 5.32 Å². The van der Waals surface area contributed by atoms with E-state index < -0.39 is 10.0 Å². The molecule has 7 heteroatoms. The van der Waals surface area contributed by atoms with Crippen LogP contribution in [0.15, 0.2) is 0 Å². The summed E-state index contributed by atoms with van der Waals surface area (Å²) >= 11 is 0. The van der Waals surface area contributed by atoms with Crippen molar-refractivity contribution in [1.82, 2.24) is 9.62 Å². The van der Waals surface area contributed by atoms with Gasteiger partial charge in [-0.1, -0.05) is 13.3 Å². The van der Waals surface area contributed by atoms with Crippen molar-refractivity contribution in [3.8, 4) is 0 Å². The van der Waals surface area contributed by atoms with Crippen LogP contribution in [0.5, 0.6) is 0 Å². The molecule has 1 aliphatic carbocycles. The van der Waals surface area contributed by atoms with Crippen LogP contribution in [-0.2, 0) is 14.8 Å². The van der Waals surface area contributed by atoms with Gasteiger partial charge in [0.2, 0.25) is 15.9 Å². The molecular formula is C15H29N3O3S. The van der Waals surface area contributed by atoms with Gasteiger partial charge in [-0.25, -0.2) is 12.7 Å². The summed E-state index contributed by atoms with van der Waals surface area (Å²) in [5.74, 6) is 0.347. The first-order valence-corrected chi connectivity index (χ1v) is 10.1. The Morgan fingerprint density at radius 2 is 1.91 bits per heavy atom. The van der Waals surface area contributed by atoms with Crippen LogP contribution < -0.4 is 11.1 Å². The molecule has 128 valence electrons. The lowest BCUT2D eigenvalue weighted by atomic mass is 9.85. The van der Waals surface area contributed by atoms with Crippen molar-refractivity contribution in [2.24, 2.45) is 11.7 Å². The lowest BCUT2D eigenvalue weighted by Crippen LogP contribution is -2.49. The standard InChI is InChI=1S/C15H29N3O3S/c1-2-10-22(20,21)18-8-6-14(7-9-18)17-15(19)12-4-3-5-13(16)11-12/h12-14H,2-11,16H2,1H3,(H,17,19). The zero-order valence-corrected chi connectivity index (χ0v) is 14.3. The first-order chi connectivity index (χ1) is 10.4. The minimum atomic E-state index is -3.11. The fourth-order valence-electron chi connectivity index (χ4n) is 3.45. The third-order valence-corrected chi connectivity index (χ3v) is 6.82. The lowest BCUT2D eigenvalue weighted by Gasteiger charge is -2.33. The van der Waals surface area contributed by atoms with Gasteiger partial charge in [-0.3, -0.25) is 4.79 Å². The molecule has 6 nitrogen and oxygen atoms in total. The average molecular weight is 331 g/mol. The van der Waals surface area contributed by atoms with Gasteiger partial charge >= 0.3 is 0 Å².